The van der Waals surface area contributed by atoms with Crippen molar-refractivity contribution in [2.45, 2.75) is 19.9 Å². The van der Waals surface area contributed by atoms with Gasteiger partial charge in [0.15, 0.2) is 11.6 Å². The molecule has 1 heterocycles. The van der Waals surface area contributed by atoms with Gasteiger partial charge in [-0.1, -0.05) is 37.3 Å². The number of ether oxygens (including phenoxy) is 1. The number of alkyl halides is 1. The van der Waals surface area contributed by atoms with Gasteiger partial charge in [-0.15, -0.1) is 11.6 Å². The highest BCUT2D eigenvalue weighted by atomic mass is 35.5. The Morgan fingerprint density at radius 2 is 1.95 bits per heavy atom. The molecule has 0 atom stereocenters. The van der Waals surface area contributed by atoms with E-state index in [0.29, 0.717) is 12.5 Å². The number of benzene rings is 1. The number of pyridine rings is 1. The number of nitrogens with zero attached hydrogens (tertiary/aromatic N) is 2. The van der Waals surface area contributed by atoms with Crippen molar-refractivity contribution in [3.63, 3.8) is 0 Å². The number of anilines is 1. The van der Waals surface area contributed by atoms with Crippen LogP contribution in [0.5, 0.6) is 5.75 Å². The second-order valence-electron chi connectivity index (χ2n) is 4.77. The second kappa shape index (κ2) is 8.53. The van der Waals surface area contributed by atoms with E-state index in [0.717, 1.165) is 31.1 Å². The van der Waals surface area contributed by atoms with E-state index in [9.17, 15) is 0 Å². The molecule has 0 saturated carbocycles. The van der Waals surface area contributed by atoms with E-state index in [2.05, 4.69) is 28.9 Å². The van der Waals surface area contributed by atoms with Crippen LogP contribution in [0.2, 0.25) is 0 Å². The molecule has 2 rings (SSSR count). The first-order chi connectivity index (χ1) is 10.3. The predicted molar refractivity (Wildman–Crippen MR) is 88.2 cm³/mol. The summed E-state index contributed by atoms with van der Waals surface area (Å²) in [6, 6.07) is 14.2. The maximum atomic E-state index is 5.96. The fourth-order valence-electron chi connectivity index (χ4n) is 2.11. The van der Waals surface area contributed by atoms with Gasteiger partial charge in [-0.05, 0) is 24.1 Å². The van der Waals surface area contributed by atoms with Crippen LogP contribution in [-0.2, 0) is 6.54 Å². The van der Waals surface area contributed by atoms with Crippen LogP contribution in [0.3, 0.4) is 0 Å². The molecule has 3 nitrogen and oxygen atoms in total. The molecule has 0 amide bonds. The summed E-state index contributed by atoms with van der Waals surface area (Å²) in [6.07, 6.45) is 2.77. The van der Waals surface area contributed by atoms with Crippen LogP contribution in [-0.4, -0.2) is 24.0 Å². The lowest BCUT2D eigenvalue weighted by Gasteiger charge is -2.25. The summed E-state index contributed by atoms with van der Waals surface area (Å²) in [5, 5.41) is 0. The van der Waals surface area contributed by atoms with Gasteiger partial charge in [0, 0.05) is 25.2 Å². The number of hydrogen-bond donors (Lipinski definition) is 0. The van der Waals surface area contributed by atoms with Gasteiger partial charge in [0.1, 0.15) is 0 Å². The number of halogens is 1. The van der Waals surface area contributed by atoms with Crippen LogP contribution in [0.25, 0.3) is 0 Å². The summed E-state index contributed by atoms with van der Waals surface area (Å²) in [4.78, 5) is 6.65. The summed E-state index contributed by atoms with van der Waals surface area (Å²) < 4.78 is 5.80. The lowest BCUT2D eigenvalue weighted by molar-refractivity contribution is 0.316. The highest BCUT2D eigenvalue weighted by molar-refractivity contribution is 6.18. The standard InChI is InChI=1S/C17H21ClN2O/c1-2-13-21-16-9-6-11-19-17(16)20(12-10-18)14-15-7-4-3-5-8-15/h3-9,11H,2,10,12-14H2,1H3. The van der Waals surface area contributed by atoms with Gasteiger partial charge in [-0.3, -0.25) is 0 Å². The van der Waals surface area contributed by atoms with Crippen molar-refractivity contribution in [2.24, 2.45) is 0 Å². The van der Waals surface area contributed by atoms with E-state index >= 15 is 0 Å². The minimum Gasteiger partial charge on any atom is -0.490 e. The first kappa shape index (κ1) is 15.6. The van der Waals surface area contributed by atoms with Crippen LogP contribution in [0.4, 0.5) is 5.82 Å². The Labute approximate surface area is 131 Å². The third kappa shape index (κ3) is 4.64. The zero-order valence-corrected chi connectivity index (χ0v) is 13.1. The average Bonchev–Trinajstić information content (AvgIpc) is 2.54. The summed E-state index contributed by atoms with van der Waals surface area (Å²) in [5.41, 5.74) is 1.23. The number of rotatable bonds is 8. The quantitative estimate of drug-likeness (QED) is 0.686. The molecule has 0 saturated heterocycles. The van der Waals surface area contributed by atoms with E-state index in [1.54, 1.807) is 6.20 Å². The molecule has 0 aliphatic carbocycles. The molecule has 0 aliphatic rings. The van der Waals surface area contributed by atoms with Gasteiger partial charge in [0.25, 0.3) is 0 Å². The Kier molecular flexibility index (Phi) is 6.35. The molecule has 0 aliphatic heterocycles. The Balaban J connectivity index is 2.21. The lowest BCUT2D eigenvalue weighted by atomic mass is 10.2. The second-order valence-corrected chi connectivity index (χ2v) is 5.15. The molecule has 0 unspecified atom stereocenters. The first-order valence-corrected chi connectivity index (χ1v) is 7.81. The van der Waals surface area contributed by atoms with Crippen molar-refractivity contribution in [1.29, 1.82) is 0 Å². The SMILES string of the molecule is CCCOc1cccnc1N(CCCl)Cc1ccccc1. The molecule has 1 aromatic heterocycles. The fraction of sp³-hybridized carbons (Fsp3) is 0.353. The molecule has 0 fully saturated rings. The van der Waals surface area contributed by atoms with Gasteiger partial charge < -0.3 is 9.64 Å². The maximum absolute atomic E-state index is 5.96. The lowest BCUT2D eigenvalue weighted by Crippen LogP contribution is -2.26. The van der Waals surface area contributed by atoms with Crippen molar-refractivity contribution in [3.05, 3.63) is 54.2 Å². The third-order valence-corrected chi connectivity index (χ3v) is 3.25. The van der Waals surface area contributed by atoms with E-state index in [-0.39, 0.29) is 0 Å². The minimum atomic E-state index is 0.552. The van der Waals surface area contributed by atoms with Crippen LogP contribution in [0.1, 0.15) is 18.9 Å². The highest BCUT2D eigenvalue weighted by Gasteiger charge is 2.13. The Bertz CT molecular complexity index is 533. The van der Waals surface area contributed by atoms with Crippen LogP contribution in [0, 0.1) is 0 Å². The van der Waals surface area contributed by atoms with Crippen LogP contribution in [0.15, 0.2) is 48.7 Å². The maximum Gasteiger partial charge on any atom is 0.171 e. The molecular formula is C17H21ClN2O. The molecular weight excluding hydrogens is 284 g/mol. The predicted octanol–water partition coefficient (Wildman–Crippen LogP) is 4.12. The van der Waals surface area contributed by atoms with E-state index in [1.807, 2.05) is 30.3 Å². The molecule has 0 radical (unpaired) electrons. The minimum absolute atomic E-state index is 0.552. The van der Waals surface area contributed by atoms with Gasteiger partial charge in [-0.25, -0.2) is 4.98 Å². The van der Waals surface area contributed by atoms with E-state index in [1.165, 1.54) is 5.56 Å². The smallest absolute Gasteiger partial charge is 0.171 e. The number of hydrogen-bond acceptors (Lipinski definition) is 3. The summed E-state index contributed by atoms with van der Waals surface area (Å²) in [6.45, 7) is 4.29. The fourth-order valence-corrected chi connectivity index (χ4v) is 2.31. The number of aromatic nitrogens is 1. The molecule has 1 aromatic carbocycles. The van der Waals surface area contributed by atoms with Crippen molar-refractivity contribution in [3.8, 4) is 5.75 Å². The Morgan fingerprint density at radius 3 is 2.67 bits per heavy atom. The topological polar surface area (TPSA) is 25.4 Å². The average molecular weight is 305 g/mol. The molecule has 21 heavy (non-hydrogen) atoms. The summed E-state index contributed by atoms with van der Waals surface area (Å²) in [7, 11) is 0. The zero-order chi connectivity index (χ0) is 14.9. The van der Waals surface area contributed by atoms with Crippen LogP contribution >= 0.6 is 11.6 Å². The van der Waals surface area contributed by atoms with Gasteiger partial charge in [0.05, 0.1) is 6.61 Å². The van der Waals surface area contributed by atoms with Crippen molar-refractivity contribution in [2.75, 3.05) is 23.9 Å². The molecule has 2 aromatic rings. The third-order valence-electron chi connectivity index (χ3n) is 3.08. The largest absolute Gasteiger partial charge is 0.490 e. The molecule has 0 N–H and O–H groups in total. The van der Waals surface area contributed by atoms with Crippen LogP contribution < -0.4 is 9.64 Å². The normalized spacial score (nSPS) is 10.4. The van der Waals surface area contributed by atoms with E-state index in [4.69, 9.17) is 16.3 Å². The summed E-state index contributed by atoms with van der Waals surface area (Å²) in [5.74, 6) is 2.23. The summed E-state index contributed by atoms with van der Waals surface area (Å²) >= 11 is 5.96. The van der Waals surface area contributed by atoms with Crippen molar-refractivity contribution in [1.82, 2.24) is 4.98 Å². The van der Waals surface area contributed by atoms with Crippen molar-refractivity contribution >= 4 is 17.4 Å². The van der Waals surface area contributed by atoms with E-state index < -0.39 is 0 Å². The monoisotopic (exact) mass is 304 g/mol. The highest BCUT2D eigenvalue weighted by Crippen LogP contribution is 2.26. The van der Waals surface area contributed by atoms with Gasteiger partial charge >= 0.3 is 0 Å². The first-order valence-electron chi connectivity index (χ1n) is 7.27. The molecule has 112 valence electrons. The zero-order valence-electron chi connectivity index (χ0n) is 12.3. The Hall–Kier alpha value is -1.74. The van der Waals surface area contributed by atoms with Gasteiger partial charge in [-0.2, -0.15) is 0 Å². The molecule has 0 bridgehead atoms. The molecule has 0 spiro atoms. The molecule has 4 heteroatoms. The Morgan fingerprint density at radius 1 is 1.14 bits per heavy atom. The van der Waals surface area contributed by atoms with Gasteiger partial charge in [0.2, 0.25) is 0 Å². The van der Waals surface area contributed by atoms with Crippen molar-refractivity contribution < 1.29 is 4.74 Å².